The molecule has 98 valence electrons. The van der Waals surface area contributed by atoms with E-state index in [4.69, 9.17) is 23.2 Å². The van der Waals surface area contributed by atoms with E-state index in [0.29, 0.717) is 15.6 Å². The van der Waals surface area contributed by atoms with Gasteiger partial charge < -0.3 is 0 Å². The summed E-state index contributed by atoms with van der Waals surface area (Å²) in [7, 11) is 0. The van der Waals surface area contributed by atoms with Crippen molar-refractivity contribution in [3.8, 4) is 0 Å². The van der Waals surface area contributed by atoms with Crippen LogP contribution < -0.4 is 11.0 Å². The summed E-state index contributed by atoms with van der Waals surface area (Å²) in [5, 5.41) is 12.2. The molecule has 0 atom stereocenters. The van der Waals surface area contributed by atoms with Crippen molar-refractivity contribution in [2.75, 3.05) is 5.43 Å². The Labute approximate surface area is 118 Å². The maximum atomic E-state index is 11.3. The fraction of sp³-hybridized carbons (Fsp3) is 0.0909. The Morgan fingerprint density at radius 3 is 2.63 bits per heavy atom. The monoisotopic (exact) mass is 297 g/mol. The van der Waals surface area contributed by atoms with E-state index in [1.54, 1.807) is 25.1 Å². The lowest BCUT2D eigenvalue weighted by Gasteiger charge is -2.01. The third-order valence-electron chi connectivity index (χ3n) is 2.22. The molecule has 0 aliphatic rings. The number of H-pyrrole nitrogens is 1. The number of anilines is 1. The number of hydrazone groups is 1. The van der Waals surface area contributed by atoms with Gasteiger partial charge in [-0.25, -0.2) is 5.43 Å². The first-order valence-corrected chi connectivity index (χ1v) is 6.00. The van der Waals surface area contributed by atoms with Crippen LogP contribution in [0.5, 0.6) is 0 Å². The molecule has 2 rings (SSSR count). The molecule has 1 heterocycles. The van der Waals surface area contributed by atoms with Crippen LogP contribution in [0.15, 0.2) is 28.1 Å². The van der Waals surface area contributed by atoms with E-state index in [1.165, 1.54) is 6.21 Å². The highest BCUT2D eigenvalue weighted by Gasteiger charge is 2.02. The second-order valence-corrected chi connectivity index (χ2v) is 4.41. The molecule has 2 N–H and O–H groups in total. The van der Waals surface area contributed by atoms with E-state index in [1.807, 2.05) is 0 Å². The minimum absolute atomic E-state index is 0.134. The van der Waals surface area contributed by atoms with Crippen molar-refractivity contribution < 1.29 is 0 Å². The molecule has 0 radical (unpaired) electrons. The molecule has 0 fully saturated rings. The molecule has 0 spiro atoms. The third kappa shape index (κ3) is 3.30. The van der Waals surface area contributed by atoms with E-state index < -0.39 is 0 Å². The highest BCUT2D eigenvalue weighted by Crippen LogP contribution is 2.22. The molecule has 0 unspecified atom stereocenters. The number of benzene rings is 1. The molecule has 0 aliphatic heterocycles. The van der Waals surface area contributed by atoms with Gasteiger partial charge in [0.25, 0.3) is 5.56 Å². The molecule has 1 aromatic heterocycles. The first-order valence-electron chi connectivity index (χ1n) is 5.24. The molecule has 0 saturated heterocycles. The Morgan fingerprint density at radius 2 is 2.00 bits per heavy atom. The molecule has 19 heavy (non-hydrogen) atoms. The van der Waals surface area contributed by atoms with Crippen molar-refractivity contribution in [3.63, 3.8) is 0 Å². The largest absolute Gasteiger partial charge is 0.288 e. The van der Waals surface area contributed by atoms with E-state index in [0.717, 1.165) is 0 Å². The molecule has 2 aromatic rings. The summed E-state index contributed by atoms with van der Waals surface area (Å²) < 4.78 is 0. The van der Waals surface area contributed by atoms with Gasteiger partial charge in [-0.05, 0) is 19.1 Å². The lowest BCUT2D eigenvalue weighted by molar-refractivity contribution is 0.897. The average molecular weight is 298 g/mol. The zero-order valence-electron chi connectivity index (χ0n) is 9.82. The standard InChI is InChI=1S/C11H9Cl2N5O/c1-6-10(19)15-11(18-16-6)17-14-5-7-8(12)3-2-4-9(7)13/h2-5H,1H3,(H2,15,17,18,19). The van der Waals surface area contributed by atoms with Crippen molar-refractivity contribution in [1.29, 1.82) is 0 Å². The maximum Gasteiger partial charge on any atom is 0.274 e. The van der Waals surface area contributed by atoms with Crippen molar-refractivity contribution >= 4 is 35.4 Å². The van der Waals surface area contributed by atoms with Gasteiger partial charge in [-0.15, -0.1) is 10.2 Å². The van der Waals surface area contributed by atoms with Crippen LogP contribution in [0.3, 0.4) is 0 Å². The van der Waals surface area contributed by atoms with Crippen LogP contribution in [-0.2, 0) is 0 Å². The van der Waals surface area contributed by atoms with Gasteiger partial charge in [0, 0.05) is 5.56 Å². The number of halogens is 2. The Kier molecular flexibility index (Phi) is 4.13. The maximum absolute atomic E-state index is 11.3. The predicted octanol–water partition coefficient (Wildman–Crippen LogP) is 2.23. The second-order valence-electron chi connectivity index (χ2n) is 3.59. The first kappa shape index (κ1) is 13.5. The van der Waals surface area contributed by atoms with Crippen LogP contribution >= 0.6 is 23.2 Å². The van der Waals surface area contributed by atoms with Crippen molar-refractivity contribution in [2.45, 2.75) is 6.92 Å². The highest BCUT2D eigenvalue weighted by atomic mass is 35.5. The number of aromatic nitrogens is 3. The van der Waals surface area contributed by atoms with Crippen LogP contribution in [0.2, 0.25) is 10.0 Å². The molecule has 1 aromatic carbocycles. The fourth-order valence-corrected chi connectivity index (χ4v) is 1.73. The van der Waals surface area contributed by atoms with Crippen molar-refractivity contribution in [1.82, 2.24) is 15.2 Å². The van der Waals surface area contributed by atoms with Crippen LogP contribution in [-0.4, -0.2) is 21.4 Å². The van der Waals surface area contributed by atoms with E-state index >= 15 is 0 Å². The fourth-order valence-electron chi connectivity index (χ4n) is 1.24. The lowest BCUT2D eigenvalue weighted by Crippen LogP contribution is -2.15. The number of rotatable bonds is 3. The van der Waals surface area contributed by atoms with Gasteiger partial charge in [-0.1, -0.05) is 29.3 Å². The third-order valence-corrected chi connectivity index (χ3v) is 2.88. The van der Waals surface area contributed by atoms with Gasteiger partial charge >= 0.3 is 0 Å². The van der Waals surface area contributed by atoms with Gasteiger partial charge in [0.1, 0.15) is 5.69 Å². The number of hydrogen-bond acceptors (Lipinski definition) is 5. The summed E-state index contributed by atoms with van der Waals surface area (Å²) in [5.41, 5.74) is 3.06. The lowest BCUT2D eigenvalue weighted by atomic mass is 10.2. The zero-order chi connectivity index (χ0) is 13.8. The number of aryl methyl sites for hydroxylation is 1. The van der Waals surface area contributed by atoms with Gasteiger partial charge in [-0.3, -0.25) is 9.78 Å². The number of hydrogen-bond donors (Lipinski definition) is 2. The second kappa shape index (κ2) is 5.81. The molecule has 0 saturated carbocycles. The topological polar surface area (TPSA) is 83.0 Å². The molecule has 0 aliphatic carbocycles. The van der Waals surface area contributed by atoms with Gasteiger partial charge in [0.2, 0.25) is 5.95 Å². The summed E-state index contributed by atoms with van der Waals surface area (Å²) in [4.78, 5) is 13.8. The summed E-state index contributed by atoms with van der Waals surface area (Å²) in [6.07, 6.45) is 1.44. The Hall–Kier alpha value is -1.92. The minimum Gasteiger partial charge on any atom is -0.288 e. The molecular formula is C11H9Cl2N5O. The predicted molar refractivity (Wildman–Crippen MR) is 75.1 cm³/mol. The van der Waals surface area contributed by atoms with E-state index in [2.05, 4.69) is 25.7 Å². The Morgan fingerprint density at radius 1 is 1.32 bits per heavy atom. The summed E-state index contributed by atoms with van der Waals surface area (Å²) in [5.74, 6) is 0.134. The minimum atomic E-state index is -0.330. The number of nitrogens with one attached hydrogen (secondary N) is 2. The Bertz CT molecular complexity index is 663. The quantitative estimate of drug-likeness (QED) is 0.672. The molecule has 0 bridgehead atoms. The SMILES string of the molecule is Cc1nnc(NN=Cc2c(Cl)cccc2Cl)[nH]c1=O. The number of aromatic amines is 1. The average Bonchev–Trinajstić information content (AvgIpc) is 2.37. The summed E-state index contributed by atoms with van der Waals surface area (Å²) in [6.45, 7) is 1.56. The smallest absolute Gasteiger partial charge is 0.274 e. The van der Waals surface area contributed by atoms with Crippen LogP contribution in [0.1, 0.15) is 11.3 Å². The zero-order valence-corrected chi connectivity index (χ0v) is 11.3. The molecule has 0 amide bonds. The normalized spacial score (nSPS) is 10.9. The summed E-state index contributed by atoms with van der Waals surface area (Å²) >= 11 is 11.9. The molecule has 8 heteroatoms. The van der Waals surface area contributed by atoms with E-state index in [-0.39, 0.29) is 17.2 Å². The Balaban J connectivity index is 2.16. The van der Waals surface area contributed by atoms with Crippen molar-refractivity contribution in [2.24, 2.45) is 5.10 Å². The first-order chi connectivity index (χ1) is 9.08. The van der Waals surface area contributed by atoms with Crippen LogP contribution in [0, 0.1) is 6.92 Å². The molecular weight excluding hydrogens is 289 g/mol. The van der Waals surface area contributed by atoms with Crippen LogP contribution in [0.25, 0.3) is 0 Å². The highest BCUT2D eigenvalue weighted by molar-refractivity contribution is 6.38. The molecule has 6 nitrogen and oxygen atoms in total. The van der Waals surface area contributed by atoms with Crippen molar-refractivity contribution in [3.05, 3.63) is 49.9 Å². The van der Waals surface area contributed by atoms with E-state index in [9.17, 15) is 4.79 Å². The summed E-state index contributed by atoms with van der Waals surface area (Å²) in [6, 6.07) is 5.13. The van der Waals surface area contributed by atoms with Gasteiger partial charge in [0.05, 0.1) is 16.3 Å². The van der Waals surface area contributed by atoms with Gasteiger partial charge in [0.15, 0.2) is 0 Å². The number of nitrogens with zero attached hydrogens (tertiary/aromatic N) is 3. The van der Waals surface area contributed by atoms with Gasteiger partial charge in [-0.2, -0.15) is 5.10 Å². The van der Waals surface area contributed by atoms with Crippen LogP contribution in [0.4, 0.5) is 5.95 Å².